The summed E-state index contributed by atoms with van der Waals surface area (Å²) in [5, 5.41) is 4.15. The van der Waals surface area contributed by atoms with Crippen LogP contribution in [-0.2, 0) is 7.05 Å². The molecule has 2 rings (SSSR count). The van der Waals surface area contributed by atoms with Crippen LogP contribution in [0.15, 0.2) is 11.7 Å². The van der Waals surface area contributed by atoms with Gasteiger partial charge < -0.3 is 0 Å². The van der Waals surface area contributed by atoms with E-state index in [0.29, 0.717) is 10.4 Å². The Morgan fingerprint density at radius 2 is 2.13 bits per heavy atom. The van der Waals surface area contributed by atoms with Crippen LogP contribution in [0.25, 0.3) is 0 Å². The third kappa shape index (κ3) is 1.70. The van der Waals surface area contributed by atoms with Gasteiger partial charge in [0.15, 0.2) is 0 Å². The highest BCUT2D eigenvalue weighted by atomic mass is 32.1. The first-order valence-corrected chi connectivity index (χ1v) is 5.42. The molecule has 0 atom stereocenters. The first kappa shape index (κ1) is 10.0. The monoisotopic (exact) mass is 221 g/mol. The van der Waals surface area contributed by atoms with Crippen LogP contribution in [0.1, 0.15) is 26.6 Å². The summed E-state index contributed by atoms with van der Waals surface area (Å²) < 4.78 is 1.65. The van der Waals surface area contributed by atoms with Gasteiger partial charge in [0, 0.05) is 13.2 Å². The van der Waals surface area contributed by atoms with Crippen LogP contribution in [-0.4, -0.2) is 20.5 Å². The standard InChI is InChI=1S/C10H11N3OS/c1-6-8(4-13(3)12-6)9(14)10-7(2)11-5-15-10/h4-5H,1-3H3. The van der Waals surface area contributed by atoms with Gasteiger partial charge in [0.2, 0.25) is 5.78 Å². The molecule has 2 heterocycles. The lowest BCUT2D eigenvalue weighted by Gasteiger charge is -1.95. The summed E-state index contributed by atoms with van der Waals surface area (Å²) in [6.45, 7) is 3.68. The summed E-state index contributed by atoms with van der Waals surface area (Å²) in [4.78, 5) is 16.8. The number of carbonyl (C=O) groups is 1. The molecule has 15 heavy (non-hydrogen) atoms. The fourth-order valence-electron chi connectivity index (χ4n) is 1.46. The highest BCUT2D eigenvalue weighted by Gasteiger charge is 2.18. The Morgan fingerprint density at radius 3 is 2.60 bits per heavy atom. The average molecular weight is 221 g/mol. The predicted molar refractivity (Wildman–Crippen MR) is 58.2 cm³/mol. The Kier molecular flexibility index (Phi) is 2.40. The van der Waals surface area contributed by atoms with E-state index in [-0.39, 0.29) is 5.78 Å². The van der Waals surface area contributed by atoms with Gasteiger partial charge in [0.25, 0.3) is 0 Å². The summed E-state index contributed by atoms with van der Waals surface area (Å²) in [6, 6.07) is 0. The quantitative estimate of drug-likeness (QED) is 0.725. The average Bonchev–Trinajstić information content (AvgIpc) is 2.71. The van der Waals surface area contributed by atoms with Gasteiger partial charge in [-0.15, -0.1) is 11.3 Å². The van der Waals surface area contributed by atoms with E-state index in [4.69, 9.17) is 0 Å². The minimum Gasteiger partial charge on any atom is -0.287 e. The van der Waals surface area contributed by atoms with E-state index in [1.54, 1.807) is 16.4 Å². The molecule has 5 heteroatoms. The van der Waals surface area contributed by atoms with Gasteiger partial charge in [-0.1, -0.05) is 0 Å². The minimum absolute atomic E-state index is 0.0144. The number of aromatic nitrogens is 3. The second-order valence-corrected chi connectivity index (χ2v) is 4.25. The molecule has 0 unspecified atom stereocenters. The van der Waals surface area contributed by atoms with E-state index in [9.17, 15) is 4.79 Å². The zero-order valence-electron chi connectivity index (χ0n) is 8.81. The Labute approximate surface area is 91.6 Å². The number of ketones is 1. The lowest BCUT2D eigenvalue weighted by atomic mass is 10.1. The lowest BCUT2D eigenvalue weighted by molar-refractivity contribution is 0.104. The largest absolute Gasteiger partial charge is 0.287 e. The molecule has 0 radical (unpaired) electrons. The second kappa shape index (κ2) is 3.58. The van der Waals surface area contributed by atoms with Crippen molar-refractivity contribution in [2.75, 3.05) is 0 Å². The van der Waals surface area contributed by atoms with Crippen molar-refractivity contribution in [1.29, 1.82) is 0 Å². The highest BCUT2D eigenvalue weighted by Crippen LogP contribution is 2.18. The fourth-order valence-corrected chi connectivity index (χ4v) is 2.22. The van der Waals surface area contributed by atoms with Crippen LogP contribution in [0, 0.1) is 13.8 Å². The minimum atomic E-state index is 0.0144. The number of carbonyl (C=O) groups excluding carboxylic acids is 1. The Bertz CT molecular complexity index is 512. The summed E-state index contributed by atoms with van der Waals surface area (Å²) in [7, 11) is 1.81. The molecule has 0 fully saturated rings. The van der Waals surface area contributed by atoms with Crippen LogP contribution in [0.2, 0.25) is 0 Å². The molecular weight excluding hydrogens is 210 g/mol. The van der Waals surface area contributed by atoms with Crippen molar-refractivity contribution in [2.24, 2.45) is 7.05 Å². The molecule has 0 aromatic carbocycles. The van der Waals surface area contributed by atoms with Gasteiger partial charge in [-0.05, 0) is 13.8 Å². The van der Waals surface area contributed by atoms with Crippen molar-refractivity contribution in [1.82, 2.24) is 14.8 Å². The number of nitrogens with zero attached hydrogens (tertiary/aromatic N) is 3. The zero-order valence-corrected chi connectivity index (χ0v) is 9.63. The molecule has 78 valence electrons. The summed E-state index contributed by atoms with van der Waals surface area (Å²) >= 11 is 1.37. The first-order valence-electron chi connectivity index (χ1n) is 4.54. The molecule has 4 nitrogen and oxygen atoms in total. The maximum Gasteiger partial charge on any atom is 0.208 e. The molecule has 0 saturated heterocycles. The van der Waals surface area contributed by atoms with Crippen LogP contribution in [0.5, 0.6) is 0 Å². The van der Waals surface area contributed by atoms with Crippen LogP contribution < -0.4 is 0 Å². The molecule has 0 amide bonds. The number of hydrogen-bond donors (Lipinski definition) is 0. The molecule has 0 bridgehead atoms. The molecule has 0 saturated carbocycles. The molecule has 0 N–H and O–H groups in total. The van der Waals surface area contributed by atoms with E-state index in [1.165, 1.54) is 11.3 Å². The fraction of sp³-hybridized carbons (Fsp3) is 0.300. The molecule has 0 aliphatic carbocycles. The van der Waals surface area contributed by atoms with Crippen molar-refractivity contribution in [3.05, 3.63) is 33.5 Å². The highest BCUT2D eigenvalue weighted by molar-refractivity contribution is 7.12. The zero-order chi connectivity index (χ0) is 11.0. The lowest BCUT2D eigenvalue weighted by Crippen LogP contribution is -2.01. The summed E-state index contributed by atoms with van der Waals surface area (Å²) in [5.74, 6) is 0.0144. The van der Waals surface area contributed by atoms with Crippen LogP contribution in [0.4, 0.5) is 0 Å². The Morgan fingerprint density at radius 1 is 1.40 bits per heavy atom. The van der Waals surface area contributed by atoms with Gasteiger partial charge in [-0.3, -0.25) is 9.48 Å². The first-order chi connectivity index (χ1) is 7.09. The smallest absolute Gasteiger partial charge is 0.208 e. The van der Waals surface area contributed by atoms with Crippen molar-refractivity contribution < 1.29 is 4.79 Å². The number of thiazole rings is 1. The van der Waals surface area contributed by atoms with Gasteiger partial charge in [0.05, 0.1) is 27.3 Å². The van der Waals surface area contributed by atoms with Gasteiger partial charge in [0.1, 0.15) is 0 Å². The maximum atomic E-state index is 12.1. The van der Waals surface area contributed by atoms with E-state index >= 15 is 0 Å². The van der Waals surface area contributed by atoms with Crippen molar-refractivity contribution in [2.45, 2.75) is 13.8 Å². The normalized spacial score (nSPS) is 10.6. The van der Waals surface area contributed by atoms with Crippen molar-refractivity contribution >= 4 is 17.1 Å². The SMILES string of the molecule is Cc1nn(C)cc1C(=O)c1scnc1C. The second-order valence-electron chi connectivity index (χ2n) is 3.40. The molecular formula is C10H11N3OS. The third-order valence-electron chi connectivity index (χ3n) is 2.21. The predicted octanol–water partition coefficient (Wildman–Crippen LogP) is 1.72. The van der Waals surface area contributed by atoms with E-state index in [0.717, 1.165) is 11.4 Å². The molecule has 2 aromatic rings. The molecule has 0 aliphatic rings. The topological polar surface area (TPSA) is 47.8 Å². The molecule has 0 aliphatic heterocycles. The third-order valence-corrected chi connectivity index (χ3v) is 3.14. The molecule has 0 spiro atoms. The summed E-state index contributed by atoms with van der Waals surface area (Å²) in [6.07, 6.45) is 1.75. The number of rotatable bonds is 2. The van der Waals surface area contributed by atoms with Gasteiger partial charge >= 0.3 is 0 Å². The van der Waals surface area contributed by atoms with Crippen LogP contribution in [0.3, 0.4) is 0 Å². The summed E-state index contributed by atoms with van der Waals surface area (Å²) in [5.41, 5.74) is 3.89. The van der Waals surface area contributed by atoms with Crippen LogP contribution >= 0.6 is 11.3 Å². The van der Waals surface area contributed by atoms with Crippen molar-refractivity contribution in [3.63, 3.8) is 0 Å². The Hall–Kier alpha value is -1.49. The van der Waals surface area contributed by atoms with E-state index < -0.39 is 0 Å². The van der Waals surface area contributed by atoms with Gasteiger partial charge in [-0.2, -0.15) is 5.10 Å². The Balaban J connectivity index is 2.45. The number of aryl methyl sites for hydroxylation is 3. The maximum absolute atomic E-state index is 12.1. The van der Waals surface area contributed by atoms with Gasteiger partial charge in [-0.25, -0.2) is 4.98 Å². The van der Waals surface area contributed by atoms with E-state index in [2.05, 4.69) is 10.1 Å². The number of hydrogen-bond acceptors (Lipinski definition) is 4. The van der Waals surface area contributed by atoms with Crippen molar-refractivity contribution in [3.8, 4) is 0 Å². The molecule has 2 aromatic heterocycles. The van der Waals surface area contributed by atoms with E-state index in [1.807, 2.05) is 20.9 Å².